The molecule has 4 rings (SSSR count). The van der Waals surface area contributed by atoms with E-state index in [1.165, 1.54) is 5.56 Å². The van der Waals surface area contributed by atoms with E-state index in [1.807, 2.05) is 56.9 Å². The number of likely N-dealkylation sites (tertiary alicyclic amines) is 1. The van der Waals surface area contributed by atoms with Crippen LogP contribution in [0.5, 0.6) is 0 Å². The summed E-state index contributed by atoms with van der Waals surface area (Å²) in [7, 11) is 0. The van der Waals surface area contributed by atoms with Gasteiger partial charge in [-0.05, 0) is 101 Å². The van der Waals surface area contributed by atoms with E-state index in [9.17, 15) is 9.59 Å². The first kappa shape index (κ1) is 30.6. The van der Waals surface area contributed by atoms with Crippen LogP contribution in [0.4, 0.5) is 10.5 Å². The average molecular weight is 579 g/mol. The Labute approximate surface area is 249 Å². The molecule has 0 atom stereocenters. The molecular formula is C33H43ClN4O3. The fourth-order valence-electron chi connectivity index (χ4n) is 5.49. The van der Waals surface area contributed by atoms with Crippen LogP contribution in [0.1, 0.15) is 82.4 Å². The van der Waals surface area contributed by atoms with Gasteiger partial charge in [0.15, 0.2) is 0 Å². The molecule has 0 radical (unpaired) electrons. The molecule has 2 aromatic rings. The van der Waals surface area contributed by atoms with Gasteiger partial charge in [0.25, 0.3) is 0 Å². The number of piperidine rings is 1. The van der Waals surface area contributed by atoms with Crippen molar-refractivity contribution in [2.75, 3.05) is 25.1 Å². The molecule has 1 heterocycles. The van der Waals surface area contributed by atoms with Crippen molar-refractivity contribution in [2.24, 2.45) is 10.7 Å². The zero-order valence-electron chi connectivity index (χ0n) is 24.7. The molecule has 0 unspecified atom stereocenters. The number of hydrogen-bond donors (Lipinski definition) is 2. The number of halogens is 1. The van der Waals surface area contributed by atoms with Gasteiger partial charge in [0.2, 0.25) is 5.91 Å². The zero-order valence-corrected chi connectivity index (χ0v) is 25.5. The average Bonchev–Trinajstić information content (AvgIpc) is 3.76. The van der Waals surface area contributed by atoms with Crippen molar-refractivity contribution in [3.8, 4) is 0 Å². The van der Waals surface area contributed by atoms with Gasteiger partial charge in [-0.3, -0.25) is 9.79 Å². The number of allylic oxidation sites excluding steroid dienone is 2. The Kier molecular flexibility index (Phi) is 9.80. The minimum Gasteiger partial charge on any atom is -0.444 e. The highest BCUT2D eigenvalue weighted by Crippen LogP contribution is 2.49. The Morgan fingerprint density at radius 2 is 1.78 bits per heavy atom. The molecule has 2 amide bonds. The Bertz CT molecular complexity index is 1280. The highest BCUT2D eigenvalue weighted by Gasteiger charge is 2.50. The number of nitrogens with zero attached hydrogens (tertiary/aromatic N) is 2. The standard InChI is InChI=1S/C33H43ClN4O3/c1-5-28(34)29(15-12-25-8-6-7-9-27(25)33(18-19-33)30(35)39)37-22-36-26-13-10-23(11-14-26)24-16-20-38(21-17-24)31(40)41-32(2,3)4/h5-11,13-14,24,36H,12,15-22H2,1-4H3,(H2,35,39)/b28-5+,37-29-. The molecule has 1 saturated carbocycles. The predicted molar refractivity (Wildman–Crippen MR) is 167 cm³/mol. The number of amides is 2. The Morgan fingerprint density at radius 1 is 1.12 bits per heavy atom. The quantitative estimate of drug-likeness (QED) is 0.299. The third-order valence-electron chi connectivity index (χ3n) is 8.00. The maximum Gasteiger partial charge on any atom is 0.410 e. The van der Waals surface area contributed by atoms with E-state index >= 15 is 0 Å². The molecule has 3 N–H and O–H groups in total. The normalized spacial score (nSPS) is 17.7. The van der Waals surface area contributed by atoms with Gasteiger partial charge in [0, 0.05) is 18.8 Å². The third kappa shape index (κ3) is 7.91. The van der Waals surface area contributed by atoms with Crippen LogP contribution >= 0.6 is 11.6 Å². The SMILES string of the molecule is C/C=C(Cl)\C(CCc1ccccc1C1(C(N)=O)CC1)=N/CNc1ccc(C2CCN(C(=O)OC(C)(C)C)CC2)cc1. The van der Waals surface area contributed by atoms with Crippen LogP contribution in [0.3, 0.4) is 0 Å². The Balaban J connectivity index is 1.31. The van der Waals surface area contributed by atoms with E-state index in [-0.39, 0.29) is 12.0 Å². The lowest BCUT2D eigenvalue weighted by molar-refractivity contribution is -0.120. The molecule has 1 saturated heterocycles. The lowest BCUT2D eigenvalue weighted by Crippen LogP contribution is -2.41. The number of aliphatic imine (C=N–C) groups is 1. The smallest absolute Gasteiger partial charge is 0.410 e. The number of rotatable bonds is 10. The largest absolute Gasteiger partial charge is 0.444 e. The second kappa shape index (κ2) is 13.1. The molecule has 1 aliphatic carbocycles. The summed E-state index contributed by atoms with van der Waals surface area (Å²) in [6.45, 7) is 9.40. The van der Waals surface area contributed by atoms with E-state index in [4.69, 9.17) is 27.1 Å². The number of nitrogens with two attached hydrogens (primary N) is 1. The summed E-state index contributed by atoms with van der Waals surface area (Å²) in [5, 5.41) is 4.02. The van der Waals surface area contributed by atoms with Crippen LogP contribution in [0.2, 0.25) is 0 Å². The lowest BCUT2D eigenvalue weighted by atomic mass is 9.88. The van der Waals surface area contributed by atoms with Crippen LogP contribution in [0.25, 0.3) is 0 Å². The number of carbonyl (C=O) groups excluding carboxylic acids is 2. The maximum atomic E-state index is 12.4. The van der Waals surface area contributed by atoms with Gasteiger partial charge < -0.3 is 20.7 Å². The third-order valence-corrected chi connectivity index (χ3v) is 8.43. The summed E-state index contributed by atoms with van der Waals surface area (Å²) in [6, 6.07) is 16.5. The van der Waals surface area contributed by atoms with Crippen LogP contribution in [0.15, 0.2) is 64.6 Å². The molecule has 2 aromatic carbocycles. The minimum atomic E-state index is -0.513. The van der Waals surface area contributed by atoms with Gasteiger partial charge in [0.1, 0.15) is 12.3 Å². The Morgan fingerprint density at radius 3 is 2.37 bits per heavy atom. The van der Waals surface area contributed by atoms with Gasteiger partial charge in [-0.15, -0.1) is 0 Å². The van der Waals surface area contributed by atoms with Crippen LogP contribution in [-0.2, 0) is 21.4 Å². The lowest BCUT2D eigenvalue weighted by Gasteiger charge is -2.33. The molecule has 41 heavy (non-hydrogen) atoms. The van der Waals surface area contributed by atoms with Gasteiger partial charge >= 0.3 is 6.09 Å². The molecule has 7 nitrogen and oxygen atoms in total. The first-order valence-corrected chi connectivity index (χ1v) is 15.0. The Hall–Kier alpha value is -3.32. The van der Waals surface area contributed by atoms with E-state index in [0.717, 1.165) is 54.6 Å². The highest BCUT2D eigenvalue weighted by molar-refractivity contribution is 6.43. The number of nitrogens with one attached hydrogen (secondary N) is 1. The monoisotopic (exact) mass is 578 g/mol. The molecule has 0 bridgehead atoms. The second-order valence-corrected chi connectivity index (χ2v) is 12.5. The fourth-order valence-corrected chi connectivity index (χ4v) is 5.65. The summed E-state index contributed by atoms with van der Waals surface area (Å²) in [5.41, 5.74) is 10.0. The number of hydrogen-bond acceptors (Lipinski definition) is 5. The fraction of sp³-hybridized carbons (Fsp3) is 0.485. The van der Waals surface area contributed by atoms with Crippen molar-refractivity contribution in [2.45, 2.75) is 83.2 Å². The van der Waals surface area contributed by atoms with E-state index in [2.05, 4.69) is 35.6 Å². The summed E-state index contributed by atoms with van der Waals surface area (Å²) in [5.74, 6) is 0.180. The van der Waals surface area contributed by atoms with E-state index in [1.54, 1.807) is 0 Å². The summed E-state index contributed by atoms with van der Waals surface area (Å²) in [6.07, 6.45) is 6.49. The molecular weight excluding hydrogens is 536 g/mol. The van der Waals surface area contributed by atoms with E-state index < -0.39 is 11.0 Å². The van der Waals surface area contributed by atoms with Gasteiger partial charge in [-0.2, -0.15) is 0 Å². The number of anilines is 1. The number of ether oxygens (including phenoxy) is 1. The molecule has 2 fully saturated rings. The van der Waals surface area contributed by atoms with Crippen molar-refractivity contribution in [1.82, 2.24) is 4.90 Å². The van der Waals surface area contributed by atoms with Gasteiger partial charge in [-0.25, -0.2) is 4.79 Å². The number of carbonyl (C=O) groups is 2. The summed E-state index contributed by atoms with van der Waals surface area (Å²) < 4.78 is 5.52. The summed E-state index contributed by atoms with van der Waals surface area (Å²) >= 11 is 6.54. The van der Waals surface area contributed by atoms with Gasteiger partial charge in [0.05, 0.1) is 16.2 Å². The van der Waals surface area contributed by atoms with E-state index in [0.29, 0.717) is 37.1 Å². The van der Waals surface area contributed by atoms with Crippen molar-refractivity contribution >= 4 is 35.0 Å². The zero-order chi connectivity index (χ0) is 29.6. The number of aryl methyl sites for hydroxylation is 1. The molecule has 220 valence electrons. The molecule has 2 aliphatic rings. The minimum absolute atomic E-state index is 0.227. The maximum absolute atomic E-state index is 12.4. The van der Waals surface area contributed by atoms with Crippen molar-refractivity contribution in [3.63, 3.8) is 0 Å². The molecule has 0 aromatic heterocycles. The van der Waals surface area contributed by atoms with Crippen molar-refractivity contribution in [3.05, 3.63) is 76.3 Å². The first-order valence-electron chi connectivity index (χ1n) is 14.6. The molecule has 8 heteroatoms. The van der Waals surface area contributed by atoms with Gasteiger partial charge in [-0.1, -0.05) is 54.1 Å². The highest BCUT2D eigenvalue weighted by atomic mass is 35.5. The van der Waals surface area contributed by atoms with Crippen LogP contribution in [0, 0.1) is 0 Å². The predicted octanol–water partition coefficient (Wildman–Crippen LogP) is 6.90. The van der Waals surface area contributed by atoms with Crippen molar-refractivity contribution < 1.29 is 14.3 Å². The second-order valence-electron chi connectivity index (χ2n) is 12.0. The number of primary amides is 1. The topological polar surface area (TPSA) is 97.0 Å². The number of benzene rings is 2. The van der Waals surface area contributed by atoms with Crippen LogP contribution < -0.4 is 11.1 Å². The first-order chi connectivity index (χ1) is 19.5. The molecule has 0 spiro atoms. The summed E-state index contributed by atoms with van der Waals surface area (Å²) in [4.78, 5) is 31.1. The van der Waals surface area contributed by atoms with Crippen molar-refractivity contribution in [1.29, 1.82) is 0 Å². The molecule has 1 aliphatic heterocycles. The van der Waals surface area contributed by atoms with Crippen LogP contribution in [-0.4, -0.2) is 48.0 Å².